The number of aromatic nitrogens is 5. The predicted molar refractivity (Wildman–Crippen MR) is 191 cm³/mol. The number of ether oxygens (including phenoxy) is 3. The largest absolute Gasteiger partial charge is 0.491 e. The molecule has 0 radical (unpaired) electrons. The monoisotopic (exact) mass is 717 g/mol. The summed E-state index contributed by atoms with van der Waals surface area (Å²) >= 11 is 12.8. The molecule has 4 heterocycles. The molecule has 2 aromatic heterocycles. The van der Waals surface area contributed by atoms with Crippen molar-refractivity contribution < 1.29 is 19.0 Å². The molecule has 12 nitrogen and oxygen atoms in total. The summed E-state index contributed by atoms with van der Waals surface area (Å²) in [4.78, 5) is 33.4. The van der Waals surface area contributed by atoms with Gasteiger partial charge in [-0.2, -0.15) is 5.10 Å². The van der Waals surface area contributed by atoms with Gasteiger partial charge in [0.25, 0.3) is 0 Å². The Kier molecular flexibility index (Phi) is 9.69. The van der Waals surface area contributed by atoms with E-state index in [1.54, 1.807) is 31.6 Å². The average molecular weight is 719 g/mol. The van der Waals surface area contributed by atoms with Gasteiger partial charge in [-0.25, -0.2) is 19.0 Å². The van der Waals surface area contributed by atoms with E-state index in [2.05, 4.69) is 32.0 Å². The number of Topliss-reactive ketones (excluding diaryl/α,β-unsaturated/α-hetero) is 1. The topological polar surface area (TPSA) is 109 Å². The van der Waals surface area contributed by atoms with Crippen LogP contribution in [-0.4, -0.2) is 75.2 Å². The fourth-order valence-electron chi connectivity index (χ4n) is 6.30. The SMILES string of the molecule is CC(=O)C(C)n1ncn(-c2ccc(N3CCN(c4ccc(OCC5COC(Cn6ccnc6)(c6ccc(Cl)cc6Cl)O5)cc4)CC3)cc2)c1=O. The number of halogens is 2. The summed E-state index contributed by atoms with van der Waals surface area (Å²) in [5.41, 5.74) is 3.27. The number of rotatable bonds is 11. The van der Waals surface area contributed by atoms with E-state index < -0.39 is 11.8 Å². The van der Waals surface area contributed by atoms with E-state index >= 15 is 0 Å². The molecule has 2 fully saturated rings. The summed E-state index contributed by atoms with van der Waals surface area (Å²) in [6.45, 7) is 7.55. The van der Waals surface area contributed by atoms with Gasteiger partial charge < -0.3 is 28.6 Å². The summed E-state index contributed by atoms with van der Waals surface area (Å²) in [5.74, 6) is -0.481. The smallest absolute Gasteiger partial charge is 0.351 e. The first-order valence-electron chi connectivity index (χ1n) is 16.4. The van der Waals surface area contributed by atoms with Crippen molar-refractivity contribution in [2.45, 2.75) is 38.3 Å². The second kappa shape index (κ2) is 14.3. The maximum atomic E-state index is 12.8. The number of hydrogen-bond donors (Lipinski definition) is 0. The Bertz CT molecular complexity index is 1990. The van der Waals surface area contributed by atoms with Crippen molar-refractivity contribution in [1.82, 2.24) is 23.9 Å². The van der Waals surface area contributed by atoms with Gasteiger partial charge in [0.2, 0.25) is 5.79 Å². The van der Waals surface area contributed by atoms with E-state index in [9.17, 15) is 9.59 Å². The average Bonchev–Trinajstić information content (AvgIpc) is 3.88. The normalized spacial score (nSPS) is 19.9. The quantitative estimate of drug-likeness (QED) is 0.178. The van der Waals surface area contributed by atoms with Gasteiger partial charge in [-0.15, -0.1) is 0 Å². The van der Waals surface area contributed by atoms with Crippen molar-refractivity contribution in [3.05, 3.63) is 118 Å². The van der Waals surface area contributed by atoms with Crippen LogP contribution in [0.2, 0.25) is 10.0 Å². The zero-order valence-corrected chi connectivity index (χ0v) is 29.2. The zero-order valence-electron chi connectivity index (χ0n) is 27.7. The number of piperazine rings is 1. The number of carbonyl (C=O) groups is 1. The number of ketones is 1. The molecule has 3 aromatic carbocycles. The van der Waals surface area contributed by atoms with Gasteiger partial charge >= 0.3 is 5.69 Å². The van der Waals surface area contributed by atoms with Crippen LogP contribution >= 0.6 is 23.2 Å². The Balaban J connectivity index is 0.925. The molecule has 14 heteroatoms. The first-order valence-corrected chi connectivity index (χ1v) is 17.2. The third-order valence-corrected chi connectivity index (χ3v) is 9.76. The molecule has 50 heavy (non-hydrogen) atoms. The Hall–Kier alpha value is -4.62. The summed E-state index contributed by atoms with van der Waals surface area (Å²) in [5, 5.41) is 5.13. The van der Waals surface area contributed by atoms with Crippen molar-refractivity contribution in [3.63, 3.8) is 0 Å². The van der Waals surface area contributed by atoms with E-state index in [-0.39, 0.29) is 17.6 Å². The lowest BCUT2D eigenvalue weighted by Gasteiger charge is -2.37. The van der Waals surface area contributed by atoms with E-state index in [0.717, 1.165) is 43.3 Å². The predicted octanol–water partition coefficient (Wildman–Crippen LogP) is 5.36. The van der Waals surface area contributed by atoms with E-state index in [1.165, 1.54) is 22.5 Å². The molecule has 2 aliphatic rings. The third kappa shape index (κ3) is 7.02. The first-order chi connectivity index (χ1) is 24.2. The minimum Gasteiger partial charge on any atom is -0.491 e. The fraction of sp³-hybridized carbons (Fsp3) is 0.333. The lowest BCUT2D eigenvalue weighted by Crippen LogP contribution is -2.46. The van der Waals surface area contributed by atoms with Crippen molar-refractivity contribution in [2.24, 2.45) is 0 Å². The number of benzene rings is 3. The van der Waals surface area contributed by atoms with Crippen LogP contribution in [0.5, 0.6) is 5.75 Å². The molecule has 5 aromatic rings. The molecular formula is C36H37Cl2N7O5. The second-order valence-corrected chi connectivity index (χ2v) is 13.3. The fourth-order valence-corrected chi connectivity index (χ4v) is 6.85. The number of hydrogen-bond acceptors (Lipinski definition) is 9. The van der Waals surface area contributed by atoms with Crippen molar-refractivity contribution >= 4 is 40.4 Å². The van der Waals surface area contributed by atoms with Crippen molar-refractivity contribution in [1.29, 1.82) is 0 Å². The van der Waals surface area contributed by atoms with E-state index in [0.29, 0.717) is 41.1 Å². The number of nitrogens with zero attached hydrogens (tertiary/aromatic N) is 7. The molecule has 0 amide bonds. The minimum absolute atomic E-state index is 0.118. The molecule has 2 aliphatic heterocycles. The number of carbonyl (C=O) groups excluding carboxylic acids is 1. The van der Waals surface area contributed by atoms with Gasteiger partial charge in [0, 0.05) is 60.5 Å². The first kappa shape index (κ1) is 33.9. The molecular weight excluding hydrogens is 681 g/mol. The number of imidazole rings is 1. The van der Waals surface area contributed by atoms with E-state index in [4.69, 9.17) is 37.4 Å². The lowest BCUT2D eigenvalue weighted by molar-refractivity contribution is -0.189. The Labute approximate surface area is 299 Å². The van der Waals surface area contributed by atoms with E-state index in [1.807, 2.05) is 53.2 Å². The summed E-state index contributed by atoms with van der Waals surface area (Å²) < 4.78 is 23.5. The molecule has 260 valence electrons. The van der Waals surface area contributed by atoms with Crippen LogP contribution in [0, 0.1) is 0 Å². The third-order valence-electron chi connectivity index (χ3n) is 9.21. The molecule has 7 rings (SSSR count). The van der Waals surface area contributed by atoms with Crippen LogP contribution in [0.15, 0.2) is 96.6 Å². The highest BCUT2D eigenvalue weighted by Gasteiger charge is 2.45. The van der Waals surface area contributed by atoms with Gasteiger partial charge in [0.15, 0.2) is 5.78 Å². The Morgan fingerprint density at radius 3 is 2.24 bits per heavy atom. The maximum absolute atomic E-state index is 12.8. The Morgan fingerprint density at radius 2 is 1.62 bits per heavy atom. The van der Waals surface area contributed by atoms with Gasteiger partial charge in [0.1, 0.15) is 30.8 Å². The molecule has 3 atom stereocenters. The molecule has 3 unspecified atom stereocenters. The van der Waals surface area contributed by atoms with Crippen LogP contribution in [0.4, 0.5) is 11.4 Å². The molecule has 0 aliphatic carbocycles. The zero-order chi connectivity index (χ0) is 34.8. The van der Waals surface area contributed by atoms with Crippen LogP contribution in [0.3, 0.4) is 0 Å². The van der Waals surface area contributed by atoms with Crippen LogP contribution in [0.1, 0.15) is 25.5 Å². The van der Waals surface area contributed by atoms with Crippen molar-refractivity contribution in [3.8, 4) is 11.4 Å². The molecule has 0 bridgehead atoms. The summed E-state index contributed by atoms with van der Waals surface area (Å²) in [7, 11) is 0. The van der Waals surface area contributed by atoms with Gasteiger partial charge in [0.05, 0.1) is 30.2 Å². The van der Waals surface area contributed by atoms with Crippen LogP contribution < -0.4 is 20.2 Å². The van der Waals surface area contributed by atoms with Gasteiger partial charge in [-0.1, -0.05) is 29.3 Å². The molecule has 0 N–H and O–H groups in total. The van der Waals surface area contributed by atoms with Crippen molar-refractivity contribution in [2.75, 3.05) is 49.2 Å². The number of anilines is 2. The molecule has 2 saturated heterocycles. The minimum atomic E-state index is -1.11. The molecule has 0 saturated carbocycles. The maximum Gasteiger partial charge on any atom is 0.351 e. The summed E-state index contributed by atoms with van der Waals surface area (Å²) in [6, 6.07) is 20.6. The second-order valence-electron chi connectivity index (χ2n) is 12.5. The Morgan fingerprint density at radius 1 is 0.960 bits per heavy atom. The van der Waals surface area contributed by atoms with Crippen LogP contribution in [-0.2, 0) is 26.6 Å². The highest BCUT2D eigenvalue weighted by Crippen LogP contribution is 2.40. The highest BCUT2D eigenvalue weighted by atomic mass is 35.5. The van der Waals surface area contributed by atoms with Gasteiger partial charge in [-0.3, -0.25) is 4.79 Å². The summed E-state index contributed by atoms with van der Waals surface area (Å²) in [6.07, 6.45) is 6.41. The molecule has 0 spiro atoms. The van der Waals surface area contributed by atoms with Gasteiger partial charge in [-0.05, 0) is 74.5 Å². The standard InChI is InChI=1S/C36H37Cl2N7O5/c1-25(26(2)46)45-35(47)44(24-40-45)30-6-4-28(5-7-30)42-15-17-43(18-16-42)29-8-10-31(11-9-29)48-20-32-21-49-36(50-32,22-41-14-13-39-23-41)33-12-3-27(37)19-34(33)38/h3-14,19,23-25,32H,15-18,20-22H2,1-2H3. The lowest BCUT2D eigenvalue weighted by atomic mass is 10.1. The van der Waals surface area contributed by atoms with Crippen LogP contribution in [0.25, 0.3) is 5.69 Å². The highest BCUT2D eigenvalue weighted by molar-refractivity contribution is 6.35.